The van der Waals surface area contributed by atoms with Gasteiger partial charge in [0.15, 0.2) is 0 Å². The highest BCUT2D eigenvalue weighted by atomic mass is 35.5. The Hall–Kier alpha value is -2.71. The van der Waals surface area contributed by atoms with Crippen LogP contribution < -0.4 is 0 Å². The standard InChI is InChI=1S/C23H19Cl3N6O/c24-17-5-1-15(2-6-17)21(16-3-7-18(25)8-4-16)30-9-11-31(12-10-30)23(33)32-20-13-19(26)14-27-22(20)28-29-32/h1-8,13-14,21H,9-12H2. The van der Waals surface area contributed by atoms with Crippen LogP contribution in [-0.2, 0) is 0 Å². The summed E-state index contributed by atoms with van der Waals surface area (Å²) >= 11 is 18.3. The number of pyridine rings is 1. The molecule has 0 bridgehead atoms. The number of amides is 1. The number of carbonyl (C=O) groups excluding carboxylic acids is 1. The van der Waals surface area contributed by atoms with Crippen molar-refractivity contribution < 1.29 is 4.79 Å². The molecule has 2 aromatic carbocycles. The Morgan fingerprint density at radius 1 is 0.818 bits per heavy atom. The Labute approximate surface area is 205 Å². The molecule has 1 fully saturated rings. The van der Waals surface area contributed by atoms with E-state index in [0.717, 1.165) is 11.1 Å². The second-order valence-corrected chi connectivity index (χ2v) is 9.12. The molecule has 7 nitrogen and oxygen atoms in total. The summed E-state index contributed by atoms with van der Waals surface area (Å²) in [6, 6.07) is 17.2. The van der Waals surface area contributed by atoms with Gasteiger partial charge in [0.1, 0.15) is 5.52 Å². The van der Waals surface area contributed by atoms with Crippen molar-refractivity contribution in [3.05, 3.63) is 87.0 Å². The Morgan fingerprint density at radius 3 is 1.97 bits per heavy atom. The molecular formula is C23H19Cl3N6O. The highest BCUT2D eigenvalue weighted by Gasteiger charge is 2.29. The van der Waals surface area contributed by atoms with Gasteiger partial charge in [0.2, 0.25) is 5.65 Å². The van der Waals surface area contributed by atoms with Crippen LogP contribution in [0.5, 0.6) is 0 Å². The van der Waals surface area contributed by atoms with E-state index >= 15 is 0 Å². The third kappa shape index (κ3) is 4.54. The van der Waals surface area contributed by atoms with Crippen molar-refractivity contribution in [1.82, 2.24) is 29.8 Å². The van der Waals surface area contributed by atoms with Gasteiger partial charge in [0.05, 0.1) is 11.1 Å². The van der Waals surface area contributed by atoms with E-state index in [1.165, 1.54) is 10.9 Å². The van der Waals surface area contributed by atoms with Crippen molar-refractivity contribution in [2.75, 3.05) is 26.2 Å². The van der Waals surface area contributed by atoms with Crippen LogP contribution in [0.15, 0.2) is 60.8 Å². The predicted octanol–water partition coefficient (Wildman–Crippen LogP) is 5.16. The second-order valence-electron chi connectivity index (χ2n) is 7.81. The molecule has 0 radical (unpaired) electrons. The lowest BCUT2D eigenvalue weighted by Gasteiger charge is -2.39. The van der Waals surface area contributed by atoms with Crippen LogP contribution in [0.3, 0.4) is 0 Å². The van der Waals surface area contributed by atoms with Gasteiger partial charge in [-0.25, -0.2) is 9.78 Å². The third-order valence-corrected chi connectivity index (χ3v) is 6.48. The molecule has 0 N–H and O–H groups in total. The lowest BCUT2D eigenvalue weighted by atomic mass is 9.96. The monoisotopic (exact) mass is 500 g/mol. The maximum atomic E-state index is 13.1. The molecule has 10 heteroatoms. The van der Waals surface area contributed by atoms with E-state index in [-0.39, 0.29) is 12.1 Å². The molecule has 0 spiro atoms. The molecule has 168 valence electrons. The van der Waals surface area contributed by atoms with E-state index in [4.69, 9.17) is 34.8 Å². The fraction of sp³-hybridized carbons (Fsp3) is 0.217. The fourth-order valence-electron chi connectivity index (χ4n) is 4.14. The Balaban J connectivity index is 1.37. The van der Waals surface area contributed by atoms with E-state index in [0.29, 0.717) is 52.4 Å². The van der Waals surface area contributed by atoms with Gasteiger partial charge in [-0.3, -0.25) is 4.90 Å². The molecule has 0 atom stereocenters. The normalized spacial score (nSPS) is 14.8. The maximum Gasteiger partial charge on any atom is 0.346 e. The Bertz CT molecular complexity index is 1240. The van der Waals surface area contributed by atoms with Crippen molar-refractivity contribution in [2.45, 2.75) is 6.04 Å². The van der Waals surface area contributed by atoms with Gasteiger partial charge in [0, 0.05) is 42.4 Å². The fourth-order valence-corrected chi connectivity index (χ4v) is 4.54. The van der Waals surface area contributed by atoms with Crippen LogP contribution in [0.2, 0.25) is 15.1 Å². The van der Waals surface area contributed by atoms with E-state index in [1.54, 1.807) is 11.0 Å². The summed E-state index contributed by atoms with van der Waals surface area (Å²) in [5.41, 5.74) is 3.14. The summed E-state index contributed by atoms with van der Waals surface area (Å²) in [7, 11) is 0. The van der Waals surface area contributed by atoms with E-state index in [2.05, 4.69) is 20.2 Å². The van der Waals surface area contributed by atoms with Crippen molar-refractivity contribution >= 4 is 52.0 Å². The Kier molecular flexibility index (Phi) is 6.21. The zero-order valence-electron chi connectivity index (χ0n) is 17.4. The SMILES string of the molecule is O=C(N1CCN(C(c2ccc(Cl)cc2)c2ccc(Cl)cc2)CC1)n1nnc2ncc(Cl)cc21. The summed E-state index contributed by atoms with van der Waals surface area (Å²) < 4.78 is 1.26. The van der Waals surface area contributed by atoms with E-state index < -0.39 is 0 Å². The molecule has 1 amide bonds. The van der Waals surface area contributed by atoms with Crippen LogP contribution >= 0.6 is 34.8 Å². The molecule has 2 aromatic heterocycles. The first-order valence-electron chi connectivity index (χ1n) is 10.4. The van der Waals surface area contributed by atoms with Gasteiger partial charge in [-0.2, -0.15) is 4.68 Å². The second kappa shape index (κ2) is 9.27. The predicted molar refractivity (Wildman–Crippen MR) is 129 cm³/mol. The van der Waals surface area contributed by atoms with Gasteiger partial charge in [-0.1, -0.05) is 64.3 Å². The number of benzene rings is 2. The number of hydrogen-bond donors (Lipinski definition) is 0. The quantitative estimate of drug-likeness (QED) is 0.388. The zero-order valence-corrected chi connectivity index (χ0v) is 19.7. The molecule has 4 aromatic rings. The van der Waals surface area contributed by atoms with Crippen LogP contribution in [0, 0.1) is 0 Å². The van der Waals surface area contributed by atoms with Crippen LogP contribution in [0.1, 0.15) is 17.2 Å². The highest BCUT2D eigenvalue weighted by Crippen LogP contribution is 2.31. The van der Waals surface area contributed by atoms with E-state index in [1.807, 2.05) is 48.5 Å². The molecule has 33 heavy (non-hydrogen) atoms. The first-order valence-corrected chi connectivity index (χ1v) is 11.5. The minimum Gasteiger partial charge on any atom is -0.320 e. The topological polar surface area (TPSA) is 67.2 Å². The van der Waals surface area contributed by atoms with Crippen LogP contribution in [0.25, 0.3) is 11.2 Å². The van der Waals surface area contributed by atoms with Crippen molar-refractivity contribution in [1.29, 1.82) is 0 Å². The summed E-state index contributed by atoms with van der Waals surface area (Å²) in [6.07, 6.45) is 1.49. The number of halogens is 3. The summed E-state index contributed by atoms with van der Waals surface area (Å²) in [6.45, 7) is 2.47. The van der Waals surface area contributed by atoms with Gasteiger partial charge >= 0.3 is 6.03 Å². The van der Waals surface area contributed by atoms with Crippen molar-refractivity contribution in [3.8, 4) is 0 Å². The first kappa shape index (κ1) is 22.1. The average molecular weight is 502 g/mol. The molecule has 1 saturated heterocycles. The van der Waals surface area contributed by atoms with Crippen LogP contribution in [0.4, 0.5) is 4.79 Å². The van der Waals surface area contributed by atoms with Gasteiger partial charge in [-0.05, 0) is 41.5 Å². The van der Waals surface area contributed by atoms with Gasteiger partial charge < -0.3 is 4.90 Å². The summed E-state index contributed by atoms with van der Waals surface area (Å²) in [4.78, 5) is 21.4. The lowest BCUT2D eigenvalue weighted by Crippen LogP contribution is -2.51. The average Bonchev–Trinajstić information content (AvgIpc) is 3.25. The smallest absolute Gasteiger partial charge is 0.320 e. The zero-order chi connectivity index (χ0) is 22.9. The first-order chi connectivity index (χ1) is 16.0. The molecular weight excluding hydrogens is 483 g/mol. The maximum absolute atomic E-state index is 13.1. The summed E-state index contributed by atoms with van der Waals surface area (Å²) in [5, 5.41) is 9.78. The van der Waals surface area contributed by atoms with Gasteiger partial charge in [-0.15, -0.1) is 5.10 Å². The minimum absolute atomic E-state index is 0.0204. The molecule has 0 unspecified atom stereocenters. The number of carbonyl (C=O) groups is 1. The molecule has 1 aliphatic heterocycles. The number of nitrogens with zero attached hydrogens (tertiary/aromatic N) is 6. The largest absolute Gasteiger partial charge is 0.346 e. The van der Waals surface area contributed by atoms with Crippen LogP contribution in [-0.4, -0.2) is 62.0 Å². The van der Waals surface area contributed by atoms with E-state index in [9.17, 15) is 4.79 Å². The molecule has 1 aliphatic rings. The van der Waals surface area contributed by atoms with Crippen molar-refractivity contribution in [3.63, 3.8) is 0 Å². The molecule has 3 heterocycles. The number of aromatic nitrogens is 4. The lowest BCUT2D eigenvalue weighted by molar-refractivity contribution is 0.120. The third-order valence-electron chi connectivity index (χ3n) is 5.77. The number of rotatable bonds is 3. The van der Waals surface area contributed by atoms with Gasteiger partial charge in [0.25, 0.3) is 0 Å². The molecule has 5 rings (SSSR count). The number of fused-ring (bicyclic) bond motifs is 1. The summed E-state index contributed by atoms with van der Waals surface area (Å²) in [5.74, 6) is 0. The highest BCUT2D eigenvalue weighted by molar-refractivity contribution is 6.31. The minimum atomic E-state index is -0.240. The molecule has 0 saturated carbocycles. The number of piperazine rings is 1. The number of hydrogen-bond acceptors (Lipinski definition) is 5. The Morgan fingerprint density at radius 2 is 1.39 bits per heavy atom. The molecule has 0 aliphatic carbocycles. The van der Waals surface area contributed by atoms with Crippen molar-refractivity contribution in [2.24, 2.45) is 0 Å².